The molecule has 96 valence electrons. The number of benzene rings is 1. The summed E-state index contributed by atoms with van der Waals surface area (Å²) in [6.07, 6.45) is 0.902. The lowest BCUT2D eigenvalue weighted by atomic mass is 10.1. The van der Waals surface area contributed by atoms with E-state index in [2.05, 4.69) is 10.6 Å². The van der Waals surface area contributed by atoms with Gasteiger partial charge in [-0.05, 0) is 18.9 Å². The zero-order valence-corrected chi connectivity index (χ0v) is 10.1. The van der Waals surface area contributed by atoms with E-state index in [0.29, 0.717) is 5.92 Å². The Kier molecular flexibility index (Phi) is 3.50. The van der Waals surface area contributed by atoms with Crippen molar-refractivity contribution in [2.24, 2.45) is 0 Å². The number of carboxylic acids is 1. The molecule has 1 fully saturated rings. The Morgan fingerprint density at radius 3 is 2.61 bits per heavy atom. The SMILES string of the molecule is CC(NC(=O)NC1CC1c1ccccc1)C(=O)O. The van der Waals surface area contributed by atoms with Crippen LogP contribution in [0.1, 0.15) is 24.8 Å². The number of hydrogen-bond donors (Lipinski definition) is 3. The van der Waals surface area contributed by atoms with Crippen molar-refractivity contribution in [1.29, 1.82) is 0 Å². The highest BCUT2D eigenvalue weighted by Crippen LogP contribution is 2.40. The van der Waals surface area contributed by atoms with Crippen LogP contribution in [-0.4, -0.2) is 29.2 Å². The van der Waals surface area contributed by atoms with Crippen LogP contribution in [0.3, 0.4) is 0 Å². The van der Waals surface area contributed by atoms with Crippen LogP contribution in [-0.2, 0) is 4.79 Å². The van der Waals surface area contributed by atoms with Crippen molar-refractivity contribution < 1.29 is 14.7 Å². The molecule has 0 bridgehead atoms. The smallest absolute Gasteiger partial charge is 0.325 e. The second kappa shape index (κ2) is 5.08. The topological polar surface area (TPSA) is 78.4 Å². The van der Waals surface area contributed by atoms with Gasteiger partial charge in [-0.2, -0.15) is 0 Å². The van der Waals surface area contributed by atoms with Crippen LogP contribution < -0.4 is 10.6 Å². The van der Waals surface area contributed by atoms with E-state index < -0.39 is 18.0 Å². The highest BCUT2D eigenvalue weighted by Gasteiger charge is 2.39. The number of carboxylic acid groups (broad SMARTS) is 1. The van der Waals surface area contributed by atoms with E-state index in [1.807, 2.05) is 30.3 Å². The molecule has 0 aliphatic heterocycles. The highest BCUT2D eigenvalue weighted by atomic mass is 16.4. The van der Waals surface area contributed by atoms with Crippen molar-refractivity contribution in [2.45, 2.75) is 31.3 Å². The van der Waals surface area contributed by atoms with Gasteiger partial charge in [-0.3, -0.25) is 4.79 Å². The lowest BCUT2D eigenvalue weighted by Gasteiger charge is -2.10. The third kappa shape index (κ3) is 3.00. The lowest BCUT2D eigenvalue weighted by Crippen LogP contribution is -2.45. The molecule has 0 radical (unpaired) electrons. The van der Waals surface area contributed by atoms with Gasteiger partial charge in [0.1, 0.15) is 6.04 Å². The van der Waals surface area contributed by atoms with Gasteiger partial charge in [-0.1, -0.05) is 30.3 Å². The van der Waals surface area contributed by atoms with Crippen LogP contribution in [0.4, 0.5) is 4.79 Å². The largest absolute Gasteiger partial charge is 0.480 e. The molecule has 0 saturated heterocycles. The minimum atomic E-state index is -1.04. The summed E-state index contributed by atoms with van der Waals surface area (Å²) in [4.78, 5) is 22.1. The van der Waals surface area contributed by atoms with Crippen molar-refractivity contribution in [2.75, 3.05) is 0 Å². The maximum absolute atomic E-state index is 11.5. The molecule has 3 atom stereocenters. The van der Waals surface area contributed by atoms with E-state index in [-0.39, 0.29) is 6.04 Å². The fourth-order valence-electron chi connectivity index (χ4n) is 1.89. The quantitative estimate of drug-likeness (QED) is 0.751. The van der Waals surface area contributed by atoms with Crippen LogP contribution in [0.15, 0.2) is 30.3 Å². The molecule has 1 aliphatic rings. The predicted octanol–water partition coefficient (Wildman–Crippen LogP) is 1.31. The molecule has 1 saturated carbocycles. The standard InChI is InChI=1S/C13H16N2O3/c1-8(12(16)17)14-13(18)15-11-7-10(11)9-5-3-2-4-6-9/h2-6,8,10-11H,7H2,1H3,(H,16,17)(H2,14,15,18). The fraction of sp³-hybridized carbons (Fsp3) is 0.385. The van der Waals surface area contributed by atoms with Crippen molar-refractivity contribution in [3.05, 3.63) is 35.9 Å². The van der Waals surface area contributed by atoms with E-state index >= 15 is 0 Å². The Morgan fingerprint density at radius 1 is 1.33 bits per heavy atom. The summed E-state index contributed by atoms with van der Waals surface area (Å²) in [6.45, 7) is 1.43. The third-order valence-corrected chi connectivity index (χ3v) is 3.05. The number of rotatable bonds is 4. The van der Waals surface area contributed by atoms with E-state index in [0.717, 1.165) is 6.42 Å². The second-order valence-electron chi connectivity index (χ2n) is 4.54. The van der Waals surface area contributed by atoms with Gasteiger partial charge in [-0.25, -0.2) is 4.79 Å². The zero-order valence-electron chi connectivity index (χ0n) is 10.1. The van der Waals surface area contributed by atoms with Crippen LogP contribution in [0.2, 0.25) is 0 Å². The summed E-state index contributed by atoms with van der Waals surface area (Å²) in [5, 5.41) is 13.8. The zero-order chi connectivity index (χ0) is 13.1. The number of carbonyl (C=O) groups is 2. The van der Waals surface area contributed by atoms with Gasteiger partial charge in [0.25, 0.3) is 0 Å². The second-order valence-corrected chi connectivity index (χ2v) is 4.54. The maximum atomic E-state index is 11.5. The van der Waals surface area contributed by atoms with Gasteiger partial charge in [0.2, 0.25) is 0 Å². The highest BCUT2D eigenvalue weighted by molar-refractivity contribution is 5.82. The molecule has 2 rings (SSSR count). The maximum Gasteiger partial charge on any atom is 0.325 e. The number of carbonyl (C=O) groups excluding carboxylic acids is 1. The molecule has 0 heterocycles. The Labute approximate surface area is 105 Å². The first-order valence-electron chi connectivity index (χ1n) is 5.92. The summed E-state index contributed by atoms with van der Waals surface area (Å²) < 4.78 is 0. The molecule has 1 aromatic carbocycles. The van der Waals surface area contributed by atoms with Crippen LogP contribution in [0, 0.1) is 0 Å². The number of nitrogens with one attached hydrogen (secondary N) is 2. The molecule has 5 nitrogen and oxygen atoms in total. The van der Waals surface area contributed by atoms with E-state index in [1.54, 1.807) is 0 Å². The molecule has 3 N–H and O–H groups in total. The predicted molar refractivity (Wildman–Crippen MR) is 66.4 cm³/mol. The van der Waals surface area contributed by atoms with Gasteiger partial charge < -0.3 is 15.7 Å². The van der Waals surface area contributed by atoms with E-state index in [9.17, 15) is 9.59 Å². The van der Waals surface area contributed by atoms with Gasteiger partial charge in [0.05, 0.1) is 0 Å². The van der Waals surface area contributed by atoms with Crippen molar-refractivity contribution in [3.8, 4) is 0 Å². The Bertz CT molecular complexity index is 447. The lowest BCUT2D eigenvalue weighted by molar-refractivity contribution is -0.138. The average Bonchev–Trinajstić information content (AvgIpc) is 3.09. The molecule has 1 aromatic rings. The van der Waals surface area contributed by atoms with E-state index in [1.165, 1.54) is 12.5 Å². The van der Waals surface area contributed by atoms with Gasteiger partial charge in [0, 0.05) is 12.0 Å². The minimum absolute atomic E-state index is 0.105. The molecule has 5 heteroatoms. The summed E-state index contributed by atoms with van der Waals surface area (Å²) in [5.74, 6) is -0.697. The van der Waals surface area contributed by atoms with Gasteiger partial charge in [0.15, 0.2) is 0 Å². The Balaban J connectivity index is 1.80. The summed E-state index contributed by atoms with van der Waals surface area (Å²) in [6, 6.07) is 8.76. The van der Waals surface area contributed by atoms with Crippen molar-refractivity contribution in [3.63, 3.8) is 0 Å². The molecule has 3 unspecified atom stereocenters. The molecule has 18 heavy (non-hydrogen) atoms. The molecule has 0 spiro atoms. The minimum Gasteiger partial charge on any atom is -0.480 e. The summed E-state index contributed by atoms with van der Waals surface area (Å²) >= 11 is 0. The number of aliphatic carboxylic acids is 1. The van der Waals surface area contributed by atoms with Crippen LogP contribution in [0.5, 0.6) is 0 Å². The normalized spacial score (nSPS) is 22.9. The van der Waals surface area contributed by atoms with Crippen LogP contribution >= 0.6 is 0 Å². The first-order chi connectivity index (χ1) is 8.58. The number of amides is 2. The summed E-state index contributed by atoms with van der Waals surface area (Å²) in [7, 11) is 0. The number of hydrogen-bond acceptors (Lipinski definition) is 2. The molecule has 1 aliphatic carbocycles. The average molecular weight is 248 g/mol. The molecule has 0 aromatic heterocycles. The van der Waals surface area contributed by atoms with Crippen molar-refractivity contribution >= 4 is 12.0 Å². The molecule has 2 amide bonds. The molecular weight excluding hydrogens is 232 g/mol. The van der Waals surface area contributed by atoms with Crippen LogP contribution in [0.25, 0.3) is 0 Å². The Morgan fingerprint density at radius 2 is 2.00 bits per heavy atom. The van der Waals surface area contributed by atoms with Crippen molar-refractivity contribution in [1.82, 2.24) is 10.6 Å². The van der Waals surface area contributed by atoms with Gasteiger partial charge >= 0.3 is 12.0 Å². The number of urea groups is 1. The summed E-state index contributed by atoms with van der Waals surface area (Å²) in [5.41, 5.74) is 1.20. The first kappa shape index (κ1) is 12.4. The van der Waals surface area contributed by atoms with Gasteiger partial charge in [-0.15, -0.1) is 0 Å². The molecular formula is C13H16N2O3. The van der Waals surface area contributed by atoms with E-state index in [4.69, 9.17) is 5.11 Å². The first-order valence-corrected chi connectivity index (χ1v) is 5.92. The third-order valence-electron chi connectivity index (χ3n) is 3.05. The Hall–Kier alpha value is -2.04. The fourth-order valence-corrected chi connectivity index (χ4v) is 1.89. The monoisotopic (exact) mass is 248 g/mol.